The van der Waals surface area contributed by atoms with Gasteiger partial charge in [-0.2, -0.15) is 0 Å². The Kier molecular flexibility index (Phi) is 3.77. The van der Waals surface area contributed by atoms with E-state index in [9.17, 15) is 0 Å². The number of hydrogen-bond donors (Lipinski definition) is 2. The average Bonchev–Trinajstić information content (AvgIpc) is 3.11. The summed E-state index contributed by atoms with van der Waals surface area (Å²) in [6.07, 6.45) is -0.110. The predicted octanol–water partition coefficient (Wildman–Crippen LogP) is 2.74. The monoisotopic (exact) mass is 370 g/mol. The Balaban J connectivity index is 1.72. The van der Waals surface area contributed by atoms with Gasteiger partial charge in [0.2, 0.25) is 0 Å². The van der Waals surface area contributed by atoms with Gasteiger partial charge in [0.1, 0.15) is 11.3 Å². The molecule has 0 unspecified atom stereocenters. The third kappa shape index (κ3) is 2.42. The maximum atomic E-state index is 5.63. The second-order valence-corrected chi connectivity index (χ2v) is 6.98. The summed E-state index contributed by atoms with van der Waals surface area (Å²) in [4.78, 5) is 0. The number of fused-ring (bicyclic) bond motifs is 1. The van der Waals surface area contributed by atoms with Crippen molar-refractivity contribution < 1.29 is 4.74 Å². The molecular weight excluding hydrogens is 352 g/mol. The van der Waals surface area contributed by atoms with Gasteiger partial charge in [-0.1, -0.05) is 30.3 Å². The number of nitrogens with one attached hydrogen (secondary N) is 2. The number of nitrogens with zero attached hydrogens (tertiary/aromatic N) is 2. The Morgan fingerprint density at radius 2 is 1.68 bits per heavy atom. The number of hydrogen-bond acceptors (Lipinski definition) is 3. The van der Waals surface area contributed by atoms with Crippen LogP contribution in [0.4, 0.5) is 5.69 Å². The van der Waals surface area contributed by atoms with Crippen LogP contribution in [0, 0.1) is 0 Å². The van der Waals surface area contributed by atoms with Gasteiger partial charge in [0.25, 0.3) is 0 Å². The third-order valence-electron chi connectivity index (χ3n) is 4.72. The molecule has 128 valence electrons. The Morgan fingerprint density at radius 1 is 1.00 bits per heavy atom. The van der Waals surface area contributed by atoms with E-state index in [0.29, 0.717) is 10.2 Å². The zero-order valence-corrected chi connectivity index (χ0v) is 15.5. The number of thiocarbonyl (C=S) groups is 2. The summed E-state index contributed by atoms with van der Waals surface area (Å²) in [6, 6.07) is 18.0. The lowest BCUT2D eigenvalue weighted by atomic mass is 9.90. The fourth-order valence-electron chi connectivity index (χ4n) is 3.38. The van der Waals surface area contributed by atoms with Crippen LogP contribution in [0.5, 0.6) is 5.75 Å². The first-order chi connectivity index (χ1) is 12.0. The number of rotatable bonds is 3. The number of anilines is 1. The summed E-state index contributed by atoms with van der Waals surface area (Å²) in [5, 5.41) is 12.1. The van der Waals surface area contributed by atoms with Crippen molar-refractivity contribution in [3.63, 3.8) is 0 Å². The Hall–Kier alpha value is -2.38. The van der Waals surface area contributed by atoms with Gasteiger partial charge in [0.05, 0.1) is 12.8 Å². The van der Waals surface area contributed by atoms with Crippen LogP contribution in [-0.4, -0.2) is 28.5 Å². The molecule has 0 aromatic heterocycles. The fourth-order valence-corrected chi connectivity index (χ4v) is 4.08. The molecule has 2 aliphatic rings. The Morgan fingerprint density at radius 3 is 2.32 bits per heavy atom. The molecular formula is C18H18N4OS2. The smallest absolute Gasteiger partial charge is 0.194 e. The Labute approximate surface area is 157 Å². The largest absolute Gasteiger partial charge is 0.497 e. The minimum Gasteiger partial charge on any atom is -0.497 e. The van der Waals surface area contributed by atoms with Gasteiger partial charge in [-0.05, 0) is 61.2 Å². The average molecular weight is 371 g/mol. The number of ether oxygens (including phenoxy) is 1. The molecule has 2 N–H and O–H groups in total. The van der Waals surface area contributed by atoms with E-state index < -0.39 is 5.54 Å². The van der Waals surface area contributed by atoms with E-state index in [1.165, 1.54) is 0 Å². The van der Waals surface area contributed by atoms with Crippen LogP contribution >= 0.6 is 24.4 Å². The van der Waals surface area contributed by atoms with E-state index in [1.54, 1.807) is 7.11 Å². The van der Waals surface area contributed by atoms with Crippen LogP contribution in [0.3, 0.4) is 0 Å². The first-order valence-corrected chi connectivity index (χ1v) is 8.78. The molecule has 0 spiro atoms. The maximum absolute atomic E-state index is 5.63. The highest BCUT2D eigenvalue weighted by atomic mass is 32.1. The second kappa shape index (κ2) is 5.86. The number of hydrazine groups is 1. The van der Waals surface area contributed by atoms with Crippen molar-refractivity contribution in [2.45, 2.75) is 18.6 Å². The highest BCUT2D eigenvalue weighted by Crippen LogP contribution is 2.38. The molecule has 2 saturated heterocycles. The van der Waals surface area contributed by atoms with Crippen molar-refractivity contribution in [3.05, 3.63) is 60.2 Å². The van der Waals surface area contributed by atoms with E-state index in [0.717, 1.165) is 17.0 Å². The van der Waals surface area contributed by atoms with Gasteiger partial charge < -0.3 is 15.4 Å². The summed E-state index contributed by atoms with van der Waals surface area (Å²) >= 11 is 11.2. The zero-order valence-electron chi connectivity index (χ0n) is 13.9. The molecule has 4 rings (SSSR count). The molecule has 0 bridgehead atoms. The molecule has 0 radical (unpaired) electrons. The second-order valence-electron chi connectivity index (χ2n) is 6.20. The number of methoxy groups -OCH3 is 1. The van der Waals surface area contributed by atoms with Gasteiger partial charge in [-0.25, -0.2) is 10.0 Å². The SMILES string of the molecule is COc1ccc([C@@]2(C)NC(=S)N3[C@H]2NC(=S)N3c2ccccc2)cc1. The van der Waals surface area contributed by atoms with Gasteiger partial charge in [-0.3, -0.25) is 0 Å². The molecule has 2 heterocycles. The van der Waals surface area contributed by atoms with E-state index in [-0.39, 0.29) is 6.17 Å². The molecule has 2 aromatic carbocycles. The topological polar surface area (TPSA) is 39.8 Å². The molecule has 2 atom stereocenters. The minimum atomic E-state index is -0.420. The van der Waals surface area contributed by atoms with Crippen molar-refractivity contribution in [3.8, 4) is 5.75 Å². The van der Waals surface area contributed by atoms with E-state index >= 15 is 0 Å². The first-order valence-electron chi connectivity index (χ1n) is 7.96. The lowest BCUT2D eigenvalue weighted by molar-refractivity contribution is 0.264. The lowest BCUT2D eigenvalue weighted by Crippen LogP contribution is -2.49. The lowest BCUT2D eigenvalue weighted by Gasteiger charge is -2.31. The number of benzene rings is 2. The van der Waals surface area contributed by atoms with E-state index in [4.69, 9.17) is 29.2 Å². The number of para-hydroxylation sites is 1. The van der Waals surface area contributed by atoms with Gasteiger partial charge in [0, 0.05) is 0 Å². The van der Waals surface area contributed by atoms with Crippen LogP contribution < -0.4 is 20.4 Å². The van der Waals surface area contributed by atoms with Crippen LogP contribution in [0.15, 0.2) is 54.6 Å². The zero-order chi connectivity index (χ0) is 17.6. The summed E-state index contributed by atoms with van der Waals surface area (Å²) in [5.41, 5.74) is 1.66. The standard InChI is InChI=1S/C18H18N4OS2/c1-18(12-8-10-14(23-2)11-9-12)15-19-16(24)21(22(15)17(25)20-18)13-6-4-3-5-7-13/h3-11,15H,1-2H3,(H,19,24)(H,20,25)/t15-,18-/m1/s1. The molecule has 2 aromatic rings. The highest BCUT2D eigenvalue weighted by Gasteiger charge is 2.55. The molecule has 2 aliphatic heterocycles. The van der Waals surface area contributed by atoms with Crippen molar-refractivity contribution >= 4 is 40.3 Å². The van der Waals surface area contributed by atoms with Crippen molar-refractivity contribution in [2.75, 3.05) is 12.1 Å². The predicted molar refractivity (Wildman–Crippen MR) is 106 cm³/mol. The molecule has 5 nitrogen and oxygen atoms in total. The van der Waals surface area contributed by atoms with Gasteiger partial charge >= 0.3 is 0 Å². The van der Waals surface area contributed by atoms with Gasteiger partial charge in [0.15, 0.2) is 16.4 Å². The Bertz CT molecular complexity index is 827. The first kappa shape index (κ1) is 16.1. The van der Waals surface area contributed by atoms with E-state index in [2.05, 4.69) is 17.6 Å². The maximum Gasteiger partial charge on any atom is 0.194 e. The molecule has 2 fully saturated rings. The van der Waals surface area contributed by atoms with E-state index in [1.807, 2.05) is 64.6 Å². The summed E-state index contributed by atoms with van der Waals surface area (Å²) in [7, 11) is 1.66. The molecule has 0 amide bonds. The normalized spacial score (nSPS) is 24.8. The minimum absolute atomic E-state index is 0.110. The molecule has 0 saturated carbocycles. The van der Waals surface area contributed by atoms with Crippen molar-refractivity contribution in [1.29, 1.82) is 0 Å². The summed E-state index contributed by atoms with van der Waals surface area (Å²) in [6.45, 7) is 2.12. The fraction of sp³-hybridized carbons (Fsp3) is 0.222. The van der Waals surface area contributed by atoms with Crippen molar-refractivity contribution in [1.82, 2.24) is 15.6 Å². The van der Waals surface area contributed by atoms with Crippen LogP contribution in [-0.2, 0) is 5.54 Å². The van der Waals surface area contributed by atoms with Crippen LogP contribution in [0.1, 0.15) is 12.5 Å². The van der Waals surface area contributed by atoms with Crippen LogP contribution in [0.2, 0.25) is 0 Å². The molecule has 25 heavy (non-hydrogen) atoms. The van der Waals surface area contributed by atoms with Crippen LogP contribution in [0.25, 0.3) is 0 Å². The quantitative estimate of drug-likeness (QED) is 0.805. The van der Waals surface area contributed by atoms with Gasteiger partial charge in [-0.15, -0.1) is 0 Å². The molecule has 7 heteroatoms. The highest BCUT2D eigenvalue weighted by molar-refractivity contribution is 7.81. The third-order valence-corrected chi connectivity index (χ3v) is 5.30. The van der Waals surface area contributed by atoms with Crippen molar-refractivity contribution in [2.24, 2.45) is 0 Å². The molecule has 0 aliphatic carbocycles. The summed E-state index contributed by atoms with van der Waals surface area (Å²) in [5.74, 6) is 0.825. The summed E-state index contributed by atoms with van der Waals surface area (Å²) < 4.78 is 5.26.